The van der Waals surface area contributed by atoms with E-state index in [0.29, 0.717) is 12.5 Å². The van der Waals surface area contributed by atoms with Crippen molar-refractivity contribution >= 4 is 16.6 Å². The summed E-state index contributed by atoms with van der Waals surface area (Å²) >= 11 is 0. The number of imidazole rings is 1. The molecule has 2 unspecified atom stereocenters. The van der Waals surface area contributed by atoms with Crippen molar-refractivity contribution < 1.29 is 4.74 Å². The van der Waals surface area contributed by atoms with Gasteiger partial charge in [0.05, 0.1) is 17.6 Å². The Bertz CT molecular complexity index is 1290. The van der Waals surface area contributed by atoms with Crippen LogP contribution in [0.15, 0.2) is 64.2 Å². The molecule has 0 amide bonds. The second-order valence-corrected chi connectivity index (χ2v) is 8.41. The highest BCUT2D eigenvalue weighted by atomic mass is 16.5. The van der Waals surface area contributed by atoms with Crippen LogP contribution in [0.4, 0.5) is 0 Å². The fourth-order valence-electron chi connectivity index (χ4n) is 5.13. The fourth-order valence-corrected chi connectivity index (χ4v) is 5.13. The van der Waals surface area contributed by atoms with Gasteiger partial charge in [0.1, 0.15) is 11.4 Å². The minimum Gasteiger partial charge on any atom is -0.486 e. The van der Waals surface area contributed by atoms with Crippen LogP contribution in [0.1, 0.15) is 37.0 Å². The Kier molecular flexibility index (Phi) is 2.90. The molecule has 0 bridgehead atoms. The van der Waals surface area contributed by atoms with Crippen LogP contribution in [0, 0.1) is 12.8 Å². The minimum absolute atomic E-state index is 0.0674. The fraction of sp³-hybridized carbons (Fsp3) is 0.292. The number of nitrogens with one attached hydrogen (secondary N) is 1. The lowest BCUT2D eigenvalue weighted by Gasteiger charge is -2.23. The maximum absolute atomic E-state index is 12.7. The zero-order chi connectivity index (χ0) is 19.2. The van der Waals surface area contributed by atoms with E-state index in [4.69, 9.17) is 4.74 Å². The molecule has 4 heteroatoms. The molecule has 2 aliphatic carbocycles. The third kappa shape index (κ3) is 1.98. The maximum Gasteiger partial charge on any atom is 0.326 e. The van der Waals surface area contributed by atoms with Gasteiger partial charge in [-0.25, -0.2) is 4.79 Å². The van der Waals surface area contributed by atoms with E-state index < -0.39 is 0 Å². The molecule has 2 heterocycles. The van der Waals surface area contributed by atoms with Crippen LogP contribution in [-0.2, 0) is 11.3 Å². The first kappa shape index (κ1) is 16.0. The maximum atomic E-state index is 12.7. The van der Waals surface area contributed by atoms with Crippen molar-refractivity contribution in [3.8, 4) is 0 Å². The van der Waals surface area contributed by atoms with Gasteiger partial charge in [-0.3, -0.25) is 4.57 Å². The molecule has 1 N–H and O–H groups in total. The van der Waals surface area contributed by atoms with E-state index in [9.17, 15) is 4.79 Å². The van der Waals surface area contributed by atoms with Crippen molar-refractivity contribution in [2.75, 3.05) is 0 Å². The topological polar surface area (TPSA) is 47.0 Å². The van der Waals surface area contributed by atoms with E-state index in [1.165, 1.54) is 23.1 Å². The van der Waals surface area contributed by atoms with E-state index in [1.54, 1.807) is 0 Å². The van der Waals surface area contributed by atoms with Gasteiger partial charge in [-0.15, -0.1) is 0 Å². The van der Waals surface area contributed by atoms with Gasteiger partial charge >= 0.3 is 5.69 Å². The number of aromatic amines is 1. The molecule has 2 saturated carbocycles. The van der Waals surface area contributed by atoms with Gasteiger partial charge in [-0.1, -0.05) is 30.3 Å². The Morgan fingerprint density at radius 1 is 1.18 bits per heavy atom. The molecule has 28 heavy (non-hydrogen) atoms. The van der Waals surface area contributed by atoms with Crippen molar-refractivity contribution in [2.24, 2.45) is 5.92 Å². The van der Waals surface area contributed by atoms with Gasteiger partial charge in [-0.05, 0) is 60.7 Å². The van der Waals surface area contributed by atoms with Gasteiger partial charge in [-0.2, -0.15) is 0 Å². The summed E-state index contributed by atoms with van der Waals surface area (Å²) in [6, 6.07) is 14.4. The third-order valence-corrected chi connectivity index (χ3v) is 6.65. The van der Waals surface area contributed by atoms with E-state index in [0.717, 1.165) is 33.5 Å². The average Bonchev–Trinajstić information content (AvgIpc) is 3.48. The summed E-state index contributed by atoms with van der Waals surface area (Å²) in [6.45, 7) is 6.92. The Morgan fingerprint density at radius 3 is 2.71 bits per heavy atom. The molecule has 3 aliphatic rings. The molecule has 1 spiro atoms. The van der Waals surface area contributed by atoms with E-state index in [2.05, 4.69) is 50.0 Å². The van der Waals surface area contributed by atoms with Crippen LogP contribution in [0.5, 0.6) is 0 Å². The largest absolute Gasteiger partial charge is 0.486 e. The molecular weight excluding hydrogens is 348 g/mol. The second-order valence-electron chi connectivity index (χ2n) is 8.41. The number of ether oxygens (including phenoxy) is 1. The van der Waals surface area contributed by atoms with Crippen LogP contribution in [0.2, 0.25) is 0 Å². The van der Waals surface area contributed by atoms with Crippen molar-refractivity contribution in [1.82, 2.24) is 9.55 Å². The summed E-state index contributed by atoms with van der Waals surface area (Å²) in [4.78, 5) is 15.7. The van der Waals surface area contributed by atoms with Crippen LogP contribution >= 0.6 is 0 Å². The number of fused-ring (bicyclic) bond motifs is 2. The number of benzene rings is 2. The highest BCUT2D eigenvalue weighted by molar-refractivity contribution is 5.91. The summed E-state index contributed by atoms with van der Waals surface area (Å²) in [6.07, 6.45) is 1.18. The monoisotopic (exact) mass is 370 g/mol. The van der Waals surface area contributed by atoms with E-state index in [-0.39, 0.29) is 11.3 Å². The number of H-pyrrole nitrogens is 1. The summed E-state index contributed by atoms with van der Waals surface area (Å²) in [5.74, 6) is 1.65. The van der Waals surface area contributed by atoms with E-state index in [1.807, 2.05) is 22.8 Å². The predicted octanol–water partition coefficient (Wildman–Crippen LogP) is 4.54. The Morgan fingerprint density at radius 2 is 1.96 bits per heavy atom. The number of nitrogens with zero attached hydrogens (tertiary/aromatic N) is 1. The summed E-state index contributed by atoms with van der Waals surface area (Å²) < 4.78 is 8.12. The van der Waals surface area contributed by atoms with Crippen LogP contribution < -0.4 is 5.69 Å². The molecular formula is C24H22N2O2. The van der Waals surface area contributed by atoms with Gasteiger partial charge in [0, 0.05) is 17.9 Å². The standard InChI is InChI=1S/C24H22N2O2/c1-13-9-17(20-14(2)21-18-11-24(18,21)28-15(20)3)10-19-22(13)25-23(27)26(19)12-16-7-5-4-6-8-16/h4-10,18H,11-12H2,1-3H3,(H,25,27). The number of allylic oxidation sites excluding steroid dienone is 3. The van der Waals surface area contributed by atoms with Crippen LogP contribution in [0.3, 0.4) is 0 Å². The Labute approximate surface area is 163 Å². The Hall–Kier alpha value is -3.01. The highest BCUT2D eigenvalue weighted by Gasteiger charge is 2.80. The number of hydrogen-bond acceptors (Lipinski definition) is 2. The molecule has 4 nitrogen and oxygen atoms in total. The number of aryl methyl sites for hydroxylation is 1. The molecule has 0 saturated heterocycles. The molecule has 1 aromatic heterocycles. The first-order chi connectivity index (χ1) is 13.5. The molecule has 1 aliphatic heterocycles. The van der Waals surface area contributed by atoms with Gasteiger partial charge in [0.15, 0.2) is 0 Å². The number of rotatable bonds is 3. The molecule has 6 rings (SSSR count). The lowest BCUT2D eigenvalue weighted by molar-refractivity contribution is 0.161. The first-order valence-electron chi connectivity index (χ1n) is 9.88. The SMILES string of the molecule is CC1=C(c2cc(C)c3[nH]c(=O)n(Cc4ccccc4)c3c2)C(C)=C2C3CC23O1. The molecule has 0 radical (unpaired) electrons. The normalized spacial score (nSPS) is 24.9. The van der Waals surface area contributed by atoms with Gasteiger partial charge < -0.3 is 9.72 Å². The lowest BCUT2D eigenvalue weighted by atomic mass is 9.92. The summed E-state index contributed by atoms with van der Waals surface area (Å²) in [7, 11) is 0. The van der Waals surface area contributed by atoms with Crippen molar-refractivity contribution in [1.29, 1.82) is 0 Å². The van der Waals surface area contributed by atoms with Gasteiger partial charge in [0.2, 0.25) is 0 Å². The third-order valence-electron chi connectivity index (χ3n) is 6.65. The van der Waals surface area contributed by atoms with Crippen molar-refractivity contribution in [2.45, 2.75) is 39.3 Å². The highest BCUT2D eigenvalue weighted by Crippen LogP contribution is 2.78. The molecule has 3 aromatic rings. The zero-order valence-electron chi connectivity index (χ0n) is 16.3. The predicted molar refractivity (Wildman–Crippen MR) is 110 cm³/mol. The zero-order valence-corrected chi connectivity index (χ0v) is 16.3. The molecule has 2 aromatic carbocycles. The lowest BCUT2D eigenvalue weighted by Crippen LogP contribution is -2.17. The molecule has 2 atom stereocenters. The van der Waals surface area contributed by atoms with Crippen molar-refractivity contribution in [3.05, 3.63) is 86.5 Å². The molecule has 140 valence electrons. The van der Waals surface area contributed by atoms with Crippen LogP contribution in [0.25, 0.3) is 16.6 Å². The first-order valence-corrected chi connectivity index (χ1v) is 9.88. The Balaban J connectivity index is 1.51. The minimum atomic E-state index is -0.0674. The summed E-state index contributed by atoms with van der Waals surface area (Å²) in [5.41, 5.74) is 9.24. The van der Waals surface area contributed by atoms with Crippen molar-refractivity contribution in [3.63, 3.8) is 0 Å². The molecule has 2 fully saturated rings. The van der Waals surface area contributed by atoms with E-state index >= 15 is 0 Å². The number of aromatic nitrogens is 2. The second kappa shape index (κ2) is 5.07. The number of hydrogen-bond donors (Lipinski definition) is 1. The smallest absolute Gasteiger partial charge is 0.326 e. The average molecular weight is 370 g/mol. The summed E-state index contributed by atoms with van der Waals surface area (Å²) in [5, 5.41) is 0. The van der Waals surface area contributed by atoms with Crippen LogP contribution in [-0.4, -0.2) is 15.2 Å². The van der Waals surface area contributed by atoms with Gasteiger partial charge in [0.25, 0.3) is 0 Å². The quantitative estimate of drug-likeness (QED) is 0.736.